The molecule has 3 heterocycles. The zero-order chi connectivity index (χ0) is 28.2. The molecule has 0 bridgehead atoms. The fraction of sp³-hybridized carbons (Fsp3) is 0.280. The van der Waals surface area contributed by atoms with Crippen LogP contribution in [0.1, 0.15) is 17.4 Å². The van der Waals surface area contributed by atoms with E-state index < -0.39 is 30.4 Å². The minimum atomic E-state index is -1.33. The van der Waals surface area contributed by atoms with Gasteiger partial charge in [0.1, 0.15) is 36.9 Å². The van der Waals surface area contributed by atoms with Crippen molar-refractivity contribution in [2.24, 2.45) is 5.11 Å². The van der Waals surface area contributed by atoms with Crippen LogP contribution in [0.3, 0.4) is 0 Å². The summed E-state index contributed by atoms with van der Waals surface area (Å²) in [5, 5.41) is 21.3. The number of carbonyl (C=O) groups excluding carboxylic acids is 1. The van der Waals surface area contributed by atoms with Crippen LogP contribution in [0.5, 0.6) is 5.75 Å². The molecule has 2 aromatic carbocycles. The highest BCUT2D eigenvalue weighted by Crippen LogP contribution is 2.34. The van der Waals surface area contributed by atoms with E-state index in [0.29, 0.717) is 45.9 Å². The molecule has 3 N–H and O–H groups in total. The van der Waals surface area contributed by atoms with Gasteiger partial charge in [-0.25, -0.2) is 15.0 Å². The predicted molar refractivity (Wildman–Crippen MR) is 147 cm³/mol. The van der Waals surface area contributed by atoms with E-state index in [-0.39, 0.29) is 0 Å². The molecule has 1 fully saturated rings. The van der Waals surface area contributed by atoms with Crippen molar-refractivity contribution >= 4 is 46.1 Å². The summed E-state index contributed by atoms with van der Waals surface area (Å²) in [4.78, 5) is 28.0. The van der Waals surface area contributed by atoms with Crippen LogP contribution in [0.2, 0.25) is 10.0 Å². The molecule has 0 spiro atoms. The molecule has 0 unspecified atom stereocenters. The van der Waals surface area contributed by atoms with Crippen molar-refractivity contribution in [2.75, 3.05) is 12.4 Å². The summed E-state index contributed by atoms with van der Waals surface area (Å²) in [5.74, 6) is 0.501. The molecule has 2 aromatic heterocycles. The number of nitrogens with zero attached hydrogens (tertiary/aromatic N) is 7. The number of hydrogen-bond acceptors (Lipinski definition) is 9. The van der Waals surface area contributed by atoms with E-state index in [1.54, 1.807) is 24.3 Å². The number of amides is 1. The number of aromatic nitrogens is 4. The number of anilines is 1. The second kappa shape index (κ2) is 11.9. The molecule has 1 aliphatic heterocycles. The van der Waals surface area contributed by atoms with E-state index in [0.717, 1.165) is 11.1 Å². The van der Waals surface area contributed by atoms with Gasteiger partial charge in [0.25, 0.3) is 0 Å². The van der Waals surface area contributed by atoms with E-state index in [2.05, 4.69) is 35.6 Å². The van der Waals surface area contributed by atoms with Gasteiger partial charge in [0.15, 0.2) is 23.2 Å². The summed E-state index contributed by atoms with van der Waals surface area (Å²) in [5.41, 5.74) is 11.4. The van der Waals surface area contributed by atoms with Crippen LogP contribution in [0.15, 0.2) is 60.2 Å². The number of halogens is 2. The molecule has 4 aromatic rings. The molecule has 0 saturated carbocycles. The number of imidazole rings is 1. The molecule has 0 radical (unpaired) electrons. The first-order valence-corrected chi connectivity index (χ1v) is 12.8. The molecule has 13 nitrogen and oxygen atoms in total. The highest BCUT2D eigenvalue weighted by molar-refractivity contribution is 6.31. The third kappa shape index (κ3) is 5.60. The van der Waals surface area contributed by atoms with Crippen molar-refractivity contribution < 1.29 is 19.4 Å². The van der Waals surface area contributed by atoms with Gasteiger partial charge in [-0.3, -0.25) is 9.36 Å². The van der Waals surface area contributed by atoms with Gasteiger partial charge in [0, 0.05) is 34.1 Å². The lowest BCUT2D eigenvalue weighted by Gasteiger charge is -2.17. The first-order valence-electron chi connectivity index (χ1n) is 12.1. The number of carbonyl (C=O) groups is 1. The van der Waals surface area contributed by atoms with Crippen LogP contribution in [-0.2, 0) is 22.7 Å². The van der Waals surface area contributed by atoms with Crippen LogP contribution in [0.4, 0.5) is 5.82 Å². The molecule has 5 rings (SSSR count). The molecular weight excluding hydrogens is 561 g/mol. The number of benzene rings is 2. The summed E-state index contributed by atoms with van der Waals surface area (Å²) in [6.45, 7) is 0.611. The van der Waals surface area contributed by atoms with Gasteiger partial charge in [0.2, 0.25) is 5.91 Å². The van der Waals surface area contributed by atoms with Crippen LogP contribution < -0.4 is 15.4 Å². The average Bonchev–Trinajstić information content (AvgIpc) is 3.52. The minimum absolute atomic E-state index is 0.296. The van der Waals surface area contributed by atoms with Gasteiger partial charge in [-0.05, 0) is 41.4 Å². The summed E-state index contributed by atoms with van der Waals surface area (Å²) < 4.78 is 13.3. The molecule has 15 heteroatoms. The molecule has 1 aliphatic rings. The maximum Gasteiger partial charge on any atom is 0.249 e. The Morgan fingerprint density at radius 2 is 2.05 bits per heavy atom. The number of nitrogens with one attached hydrogen (secondary N) is 2. The highest BCUT2D eigenvalue weighted by atomic mass is 35.5. The first kappa shape index (κ1) is 27.4. The molecule has 1 saturated heterocycles. The van der Waals surface area contributed by atoms with Crippen molar-refractivity contribution in [3.63, 3.8) is 0 Å². The van der Waals surface area contributed by atoms with E-state index in [1.165, 1.54) is 24.3 Å². The van der Waals surface area contributed by atoms with Gasteiger partial charge in [-0.2, -0.15) is 0 Å². The lowest BCUT2D eigenvalue weighted by molar-refractivity contribution is -0.134. The molecule has 4 atom stereocenters. The molecule has 1 amide bonds. The Hall–Kier alpha value is -4.13. The van der Waals surface area contributed by atoms with E-state index in [4.69, 9.17) is 38.2 Å². The number of ether oxygens (including phenoxy) is 2. The van der Waals surface area contributed by atoms with Crippen LogP contribution >= 0.6 is 23.2 Å². The topological polar surface area (TPSA) is 172 Å². The summed E-state index contributed by atoms with van der Waals surface area (Å²) in [6, 6.07) is 11.6. The van der Waals surface area contributed by atoms with Gasteiger partial charge in [-0.15, -0.1) is 0 Å². The maximum absolute atomic E-state index is 12.3. The maximum atomic E-state index is 12.3. The standard InChI is InChI=1S/C25H23Cl2N9O4/c1-29-24(38)21-18(34-35-28)20(37)25(40-21)36-12-33-19-22(31-11-32-23(19)36)30-9-14-8-16(27)5-6-17(14)39-10-13-3-2-4-15(26)7-13/h2-8,11-12,18,20-21,25,37H,9-10H2,1H3,(H,29,38)(H,30,31,32)/t18-,20+,21-,25+/m0/s1. The van der Waals surface area contributed by atoms with Gasteiger partial charge >= 0.3 is 0 Å². The zero-order valence-corrected chi connectivity index (χ0v) is 22.5. The van der Waals surface area contributed by atoms with E-state index in [1.807, 2.05) is 18.2 Å². The fourth-order valence-corrected chi connectivity index (χ4v) is 4.81. The number of azide groups is 1. The summed E-state index contributed by atoms with van der Waals surface area (Å²) in [7, 11) is 1.42. The smallest absolute Gasteiger partial charge is 0.249 e. The number of aliphatic hydroxyl groups excluding tert-OH is 1. The number of aliphatic hydroxyl groups is 1. The number of rotatable bonds is 9. The zero-order valence-electron chi connectivity index (χ0n) is 21.0. The van der Waals surface area contributed by atoms with Gasteiger partial charge in [-0.1, -0.05) is 40.4 Å². The molecule has 206 valence electrons. The van der Waals surface area contributed by atoms with Crippen molar-refractivity contribution in [1.29, 1.82) is 0 Å². The van der Waals surface area contributed by atoms with Crippen molar-refractivity contribution in [2.45, 2.75) is 37.6 Å². The van der Waals surface area contributed by atoms with E-state index in [9.17, 15) is 9.90 Å². The summed E-state index contributed by atoms with van der Waals surface area (Å²) >= 11 is 12.3. The number of fused-ring (bicyclic) bond motifs is 1. The molecule has 40 heavy (non-hydrogen) atoms. The number of likely N-dealkylation sites (N-methyl/N-ethyl adjacent to an activating group) is 1. The Kier molecular flexibility index (Phi) is 8.19. The Morgan fingerprint density at radius 3 is 2.83 bits per heavy atom. The van der Waals surface area contributed by atoms with Crippen molar-refractivity contribution in [3.05, 3.63) is 86.7 Å². The average molecular weight is 584 g/mol. The van der Waals surface area contributed by atoms with Crippen LogP contribution in [0, 0.1) is 0 Å². The SMILES string of the molecule is CNC(=O)[C@H]1O[C@@H](n2cnc3c(NCc4cc(Cl)ccc4OCc4cccc(Cl)c4)ncnc32)[C@H](O)[C@@H]1N=[N+]=[N-]. The van der Waals surface area contributed by atoms with Crippen molar-refractivity contribution in [1.82, 2.24) is 24.8 Å². The lowest BCUT2D eigenvalue weighted by Crippen LogP contribution is -2.40. The molecule has 0 aliphatic carbocycles. The van der Waals surface area contributed by atoms with Gasteiger partial charge < -0.3 is 25.2 Å². The lowest BCUT2D eigenvalue weighted by atomic mass is 10.1. The van der Waals surface area contributed by atoms with E-state index >= 15 is 0 Å². The van der Waals surface area contributed by atoms with Gasteiger partial charge in [0.05, 0.1) is 6.33 Å². The Balaban J connectivity index is 1.37. The predicted octanol–water partition coefficient (Wildman–Crippen LogP) is 4.01. The monoisotopic (exact) mass is 583 g/mol. The molecular formula is C25H23Cl2N9O4. The second-order valence-electron chi connectivity index (χ2n) is 8.82. The Labute approximate surface area is 237 Å². The van der Waals surface area contributed by atoms with Crippen molar-refractivity contribution in [3.8, 4) is 5.75 Å². The Morgan fingerprint density at radius 1 is 1.23 bits per heavy atom. The minimum Gasteiger partial charge on any atom is -0.489 e. The Bertz CT molecular complexity index is 1590. The fourth-order valence-electron chi connectivity index (χ4n) is 4.40. The summed E-state index contributed by atoms with van der Waals surface area (Å²) in [6.07, 6.45) is -0.847. The normalized spacial score (nSPS) is 20.2. The van der Waals surface area contributed by atoms with Crippen LogP contribution in [-0.4, -0.2) is 55.8 Å². The second-order valence-corrected chi connectivity index (χ2v) is 9.69. The third-order valence-electron chi connectivity index (χ3n) is 6.31. The third-order valence-corrected chi connectivity index (χ3v) is 6.78. The quantitative estimate of drug-likeness (QED) is 0.150. The largest absolute Gasteiger partial charge is 0.489 e. The number of hydrogen-bond donors (Lipinski definition) is 3. The highest BCUT2D eigenvalue weighted by Gasteiger charge is 2.48. The first-order chi connectivity index (χ1) is 19.4. The van der Waals surface area contributed by atoms with Crippen LogP contribution in [0.25, 0.3) is 21.6 Å².